The van der Waals surface area contributed by atoms with Crippen LogP contribution < -0.4 is 0 Å². The number of nitrogens with zero attached hydrogens (tertiary/aromatic N) is 3. The van der Waals surface area contributed by atoms with Crippen molar-refractivity contribution in [3.63, 3.8) is 0 Å². The maximum atomic E-state index is 2.67. The zero-order valence-corrected chi connectivity index (χ0v) is 13.2. The number of piperazine rings is 1. The van der Waals surface area contributed by atoms with Crippen molar-refractivity contribution in [2.45, 2.75) is 40.2 Å². The molecule has 108 valence electrons. The van der Waals surface area contributed by atoms with E-state index in [0.717, 1.165) is 18.5 Å². The Morgan fingerprint density at radius 1 is 1.28 bits per heavy atom. The highest BCUT2D eigenvalue weighted by atomic mass is 15.3. The van der Waals surface area contributed by atoms with E-state index in [4.69, 9.17) is 0 Å². The monoisotopic (exact) mass is 255 g/mol. The minimum Gasteiger partial charge on any atom is -0.307 e. The van der Waals surface area contributed by atoms with E-state index >= 15 is 0 Å². The molecule has 0 spiro atoms. The Kier molecular flexibility index (Phi) is 7.20. The second-order valence-electron chi connectivity index (χ2n) is 6.29. The third-order valence-corrected chi connectivity index (χ3v) is 4.00. The van der Waals surface area contributed by atoms with Crippen LogP contribution in [0.5, 0.6) is 0 Å². The van der Waals surface area contributed by atoms with Crippen LogP contribution in [0.4, 0.5) is 0 Å². The van der Waals surface area contributed by atoms with Crippen LogP contribution in [-0.4, -0.2) is 73.6 Å². The Balaban J connectivity index is 2.21. The zero-order valence-electron chi connectivity index (χ0n) is 13.2. The van der Waals surface area contributed by atoms with Gasteiger partial charge in [0, 0.05) is 32.2 Å². The minimum absolute atomic E-state index is 0.726. The molecular weight excluding hydrogens is 222 g/mol. The largest absolute Gasteiger partial charge is 0.307 e. The fraction of sp³-hybridized carbons (Fsp3) is 1.00. The maximum absolute atomic E-state index is 2.67. The van der Waals surface area contributed by atoms with E-state index in [-0.39, 0.29) is 0 Å². The summed E-state index contributed by atoms with van der Waals surface area (Å²) >= 11 is 0. The molecule has 1 aliphatic rings. The van der Waals surface area contributed by atoms with Crippen LogP contribution >= 0.6 is 0 Å². The van der Waals surface area contributed by atoms with Gasteiger partial charge in [0.15, 0.2) is 0 Å². The lowest BCUT2D eigenvalue weighted by molar-refractivity contribution is 0.0736. The summed E-state index contributed by atoms with van der Waals surface area (Å²) in [6.07, 6.45) is 1.30. The van der Waals surface area contributed by atoms with Gasteiger partial charge >= 0.3 is 0 Å². The number of hydrogen-bond donors (Lipinski definition) is 0. The highest BCUT2D eigenvalue weighted by molar-refractivity contribution is 4.79. The van der Waals surface area contributed by atoms with Crippen LogP contribution in [0.25, 0.3) is 0 Å². The molecule has 0 N–H and O–H groups in total. The van der Waals surface area contributed by atoms with Crippen molar-refractivity contribution < 1.29 is 0 Å². The lowest BCUT2D eigenvalue weighted by Crippen LogP contribution is -2.52. The van der Waals surface area contributed by atoms with Crippen LogP contribution in [0.2, 0.25) is 0 Å². The molecule has 0 aromatic heterocycles. The zero-order chi connectivity index (χ0) is 13.5. The summed E-state index contributed by atoms with van der Waals surface area (Å²) in [7, 11) is 2.21. The van der Waals surface area contributed by atoms with Gasteiger partial charge < -0.3 is 9.80 Å². The molecule has 18 heavy (non-hydrogen) atoms. The molecule has 1 fully saturated rings. The average molecular weight is 255 g/mol. The Hall–Kier alpha value is -0.120. The second-order valence-corrected chi connectivity index (χ2v) is 6.29. The smallest absolute Gasteiger partial charge is 0.0195 e. The van der Waals surface area contributed by atoms with E-state index in [1.165, 1.54) is 45.7 Å². The third kappa shape index (κ3) is 5.68. The molecule has 0 aromatic carbocycles. The molecule has 0 amide bonds. The standard InChI is InChI=1S/C15H33N3/c1-6-16(5)8-7-9-18-11-10-17(12-14(2)3)13-15(18)4/h14-15H,6-13H2,1-5H3. The van der Waals surface area contributed by atoms with Crippen LogP contribution in [0.1, 0.15) is 34.1 Å². The molecule has 0 saturated carbocycles. The fourth-order valence-electron chi connectivity index (χ4n) is 2.79. The fourth-order valence-corrected chi connectivity index (χ4v) is 2.79. The quantitative estimate of drug-likeness (QED) is 0.689. The lowest BCUT2D eigenvalue weighted by Gasteiger charge is -2.40. The van der Waals surface area contributed by atoms with Gasteiger partial charge in [-0.3, -0.25) is 4.90 Å². The molecule has 1 unspecified atom stereocenters. The van der Waals surface area contributed by atoms with E-state index in [1.54, 1.807) is 0 Å². The SMILES string of the molecule is CCN(C)CCCN1CCN(CC(C)C)CC1C. The van der Waals surface area contributed by atoms with Gasteiger partial charge in [0.2, 0.25) is 0 Å². The molecular formula is C15H33N3. The summed E-state index contributed by atoms with van der Waals surface area (Å²) in [6, 6.07) is 0.726. The molecule has 0 aliphatic carbocycles. The van der Waals surface area contributed by atoms with Crippen LogP contribution in [0.15, 0.2) is 0 Å². The van der Waals surface area contributed by atoms with Crippen LogP contribution in [0, 0.1) is 5.92 Å². The van der Waals surface area contributed by atoms with Crippen molar-refractivity contribution in [1.82, 2.24) is 14.7 Å². The predicted molar refractivity (Wildman–Crippen MR) is 80.1 cm³/mol. The molecule has 1 atom stereocenters. The van der Waals surface area contributed by atoms with Gasteiger partial charge in [-0.05, 0) is 45.9 Å². The Morgan fingerprint density at radius 2 is 2.00 bits per heavy atom. The van der Waals surface area contributed by atoms with Gasteiger partial charge in [-0.25, -0.2) is 0 Å². The number of rotatable bonds is 7. The van der Waals surface area contributed by atoms with E-state index in [1.807, 2.05) is 0 Å². The molecule has 1 saturated heterocycles. The van der Waals surface area contributed by atoms with Gasteiger partial charge in [-0.1, -0.05) is 20.8 Å². The summed E-state index contributed by atoms with van der Waals surface area (Å²) in [4.78, 5) is 7.70. The first kappa shape index (κ1) is 15.9. The first-order chi connectivity index (χ1) is 8.52. The summed E-state index contributed by atoms with van der Waals surface area (Å²) in [5.74, 6) is 0.793. The lowest BCUT2D eigenvalue weighted by atomic mass is 10.1. The molecule has 0 radical (unpaired) electrons. The topological polar surface area (TPSA) is 9.72 Å². The average Bonchev–Trinajstić information content (AvgIpc) is 2.31. The Labute approximate surface area is 114 Å². The minimum atomic E-state index is 0.726. The maximum Gasteiger partial charge on any atom is 0.0195 e. The van der Waals surface area contributed by atoms with E-state index in [2.05, 4.69) is 49.4 Å². The Morgan fingerprint density at radius 3 is 2.56 bits per heavy atom. The highest BCUT2D eigenvalue weighted by Crippen LogP contribution is 2.11. The molecule has 0 aromatic rings. The van der Waals surface area contributed by atoms with Crippen molar-refractivity contribution in [1.29, 1.82) is 0 Å². The van der Waals surface area contributed by atoms with E-state index in [0.29, 0.717) is 0 Å². The Bertz CT molecular complexity index is 218. The van der Waals surface area contributed by atoms with Gasteiger partial charge in [-0.2, -0.15) is 0 Å². The van der Waals surface area contributed by atoms with Gasteiger partial charge in [-0.15, -0.1) is 0 Å². The highest BCUT2D eigenvalue weighted by Gasteiger charge is 2.23. The van der Waals surface area contributed by atoms with Crippen molar-refractivity contribution >= 4 is 0 Å². The van der Waals surface area contributed by atoms with E-state index < -0.39 is 0 Å². The van der Waals surface area contributed by atoms with Crippen molar-refractivity contribution in [3.8, 4) is 0 Å². The third-order valence-electron chi connectivity index (χ3n) is 4.00. The van der Waals surface area contributed by atoms with Gasteiger partial charge in [0.25, 0.3) is 0 Å². The van der Waals surface area contributed by atoms with Crippen molar-refractivity contribution in [3.05, 3.63) is 0 Å². The first-order valence-electron chi connectivity index (χ1n) is 7.67. The first-order valence-corrected chi connectivity index (χ1v) is 7.67. The van der Waals surface area contributed by atoms with E-state index in [9.17, 15) is 0 Å². The summed E-state index contributed by atoms with van der Waals surface area (Å²) in [6.45, 7) is 17.9. The van der Waals surface area contributed by atoms with Gasteiger partial charge in [0.05, 0.1) is 0 Å². The van der Waals surface area contributed by atoms with Crippen LogP contribution in [0.3, 0.4) is 0 Å². The van der Waals surface area contributed by atoms with Crippen molar-refractivity contribution in [2.24, 2.45) is 5.92 Å². The molecule has 1 heterocycles. The summed E-state index contributed by atoms with van der Waals surface area (Å²) in [5, 5.41) is 0. The molecule has 1 rings (SSSR count). The molecule has 3 heteroatoms. The predicted octanol–water partition coefficient (Wildman–Crippen LogP) is 1.99. The molecule has 3 nitrogen and oxygen atoms in total. The number of hydrogen-bond acceptors (Lipinski definition) is 3. The van der Waals surface area contributed by atoms with Crippen molar-refractivity contribution in [2.75, 3.05) is 52.9 Å². The normalized spacial score (nSPS) is 23.2. The van der Waals surface area contributed by atoms with Crippen LogP contribution in [-0.2, 0) is 0 Å². The molecule has 1 aliphatic heterocycles. The summed E-state index contributed by atoms with van der Waals surface area (Å²) in [5.41, 5.74) is 0. The summed E-state index contributed by atoms with van der Waals surface area (Å²) < 4.78 is 0. The molecule has 0 bridgehead atoms. The second kappa shape index (κ2) is 8.13. The van der Waals surface area contributed by atoms with Gasteiger partial charge in [0.1, 0.15) is 0 Å².